The standard InChI is InChI=1S/C23H23NO2S/c1-24(2)15-19-22(16-10-12-17(25-3)13-11-16)18-7-4-5-8-20(18)26-23(19)21-9-6-14-27-21/h4-14,22H,15H2,1-3H3. The van der Waals surface area contributed by atoms with E-state index in [4.69, 9.17) is 9.47 Å². The highest BCUT2D eigenvalue weighted by Gasteiger charge is 2.32. The third kappa shape index (κ3) is 3.51. The van der Waals surface area contributed by atoms with E-state index in [1.54, 1.807) is 18.4 Å². The molecule has 3 nitrogen and oxygen atoms in total. The van der Waals surface area contributed by atoms with Crippen LogP contribution in [0.3, 0.4) is 0 Å². The average molecular weight is 378 g/mol. The molecule has 0 aliphatic carbocycles. The molecule has 1 aliphatic heterocycles. The fourth-order valence-electron chi connectivity index (χ4n) is 3.60. The van der Waals surface area contributed by atoms with Crippen molar-refractivity contribution >= 4 is 17.1 Å². The number of fused-ring (bicyclic) bond motifs is 1. The van der Waals surface area contributed by atoms with Gasteiger partial charge in [0.05, 0.1) is 12.0 Å². The third-order valence-corrected chi connectivity index (χ3v) is 5.63. The second kappa shape index (κ2) is 7.59. The van der Waals surface area contributed by atoms with E-state index >= 15 is 0 Å². The van der Waals surface area contributed by atoms with E-state index < -0.39 is 0 Å². The Morgan fingerprint density at radius 1 is 1.00 bits per heavy atom. The molecule has 0 saturated carbocycles. The molecule has 2 aromatic carbocycles. The SMILES string of the molecule is COc1ccc(C2C(CN(C)C)=C(c3cccs3)Oc3ccccc32)cc1. The topological polar surface area (TPSA) is 21.7 Å². The van der Waals surface area contributed by atoms with Crippen LogP contribution in [0.25, 0.3) is 5.76 Å². The van der Waals surface area contributed by atoms with Crippen LogP contribution in [0.15, 0.2) is 71.6 Å². The van der Waals surface area contributed by atoms with Crippen molar-refractivity contribution in [3.05, 3.63) is 87.6 Å². The van der Waals surface area contributed by atoms with Gasteiger partial charge in [-0.15, -0.1) is 11.3 Å². The van der Waals surface area contributed by atoms with Crippen LogP contribution in [0.2, 0.25) is 0 Å². The molecule has 0 fully saturated rings. The Morgan fingerprint density at radius 3 is 2.44 bits per heavy atom. The molecule has 1 aromatic heterocycles. The van der Waals surface area contributed by atoms with Gasteiger partial charge in [0.1, 0.15) is 17.3 Å². The van der Waals surface area contributed by atoms with E-state index in [1.165, 1.54) is 21.6 Å². The molecule has 3 aromatic rings. The van der Waals surface area contributed by atoms with Crippen molar-refractivity contribution in [2.24, 2.45) is 0 Å². The van der Waals surface area contributed by atoms with Crippen molar-refractivity contribution in [1.82, 2.24) is 4.90 Å². The van der Waals surface area contributed by atoms with Crippen molar-refractivity contribution < 1.29 is 9.47 Å². The summed E-state index contributed by atoms with van der Waals surface area (Å²) in [6, 6.07) is 20.9. The first-order chi connectivity index (χ1) is 13.2. The Labute approximate surface area is 164 Å². The Hall–Kier alpha value is -2.56. The lowest BCUT2D eigenvalue weighted by molar-refractivity contribution is 0.412. The lowest BCUT2D eigenvalue weighted by Gasteiger charge is -2.32. The smallest absolute Gasteiger partial charge is 0.146 e. The maximum atomic E-state index is 6.43. The summed E-state index contributed by atoms with van der Waals surface area (Å²) >= 11 is 1.72. The van der Waals surface area contributed by atoms with E-state index in [9.17, 15) is 0 Å². The Kier molecular flexibility index (Phi) is 5.01. The monoisotopic (exact) mass is 377 g/mol. The van der Waals surface area contributed by atoms with Gasteiger partial charge in [-0.1, -0.05) is 36.4 Å². The molecule has 1 aliphatic rings. The maximum absolute atomic E-state index is 6.43. The number of methoxy groups -OCH3 is 1. The second-order valence-electron chi connectivity index (χ2n) is 6.92. The molecule has 1 unspecified atom stereocenters. The molecule has 138 valence electrons. The van der Waals surface area contributed by atoms with Crippen LogP contribution < -0.4 is 9.47 Å². The molecule has 0 spiro atoms. The minimum atomic E-state index is 0.153. The predicted molar refractivity (Wildman–Crippen MR) is 112 cm³/mol. The average Bonchev–Trinajstić information content (AvgIpc) is 3.22. The number of hydrogen-bond donors (Lipinski definition) is 0. The zero-order valence-corrected chi connectivity index (χ0v) is 16.6. The molecule has 0 radical (unpaired) electrons. The highest BCUT2D eigenvalue weighted by Crippen LogP contribution is 2.46. The number of para-hydroxylation sites is 1. The van der Waals surface area contributed by atoms with Crippen LogP contribution in [-0.4, -0.2) is 32.6 Å². The van der Waals surface area contributed by atoms with Gasteiger partial charge in [0.2, 0.25) is 0 Å². The van der Waals surface area contributed by atoms with E-state index in [0.717, 1.165) is 23.8 Å². The molecule has 1 atom stereocenters. The summed E-state index contributed by atoms with van der Waals surface area (Å²) in [5.74, 6) is 2.94. The summed E-state index contributed by atoms with van der Waals surface area (Å²) in [5.41, 5.74) is 3.74. The van der Waals surface area contributed by atoms with Crippen molar-refractivity contribution in [2.45, 2.75) is 5.92 Å². The summed E-state index contributed by atoms with van der Waals surface area (Å²) in [6.07, 6.45) is 0. The van der Waals surface area contributed by atoms with Crippen LogP contribution in [0.1, 0.15) is 21.9 Å². The van der Waals surface area contributed by atoms with Crippen LogP contribution in [0.4, 0.5) is 0 Å². The molecular formula is C23H23NO2S. The maximum Gasteiger partial charge on any atom is 0.146 e. The van der Waals surface area contributed by atoms with Gasteiger partial charge in [-0.05, 0) is 54.9 Å². The first-order valence-corrected chi connectivity index (χ1v) is 9.87. The van der Waals surface area contributed by atoms with Gasteiger partial charge in [0, 0.05) is 18.0 Å². The fraction of sp³-hybridized carbons (Fsp3) is 0.217. The summed E-state index contributed by atoms with van der Waals surface area (Å²) < 4.78 is 11.8. The molecule has 0 N–H and O–H groups in total. The largest absolute Gasteiger partial charge is 0.497 e. The normalized spacial score (nSPS) is 16.2. The minimum absolute atomic E-state index is 0.153. The molecule has 4 heteroatoms. The second-order valence-corrected chi connectivity index (χ2v) is 7.86. The van der Waals surface area contributed by atoms with Gasteiger partial charge in [-0.2, -0.15) is 0 Å². The lowest BCUT2D eigenvalue weighted by Crippen LogP contribution is -2.25. The molecule has 2 heterocycles. The summed E-state index contributed by atoms with van der Waals surface area (Å²) in [7, 11) is 5.90. The first-order valence-electron chi connectivity index (χ1n) is 8.99. The number of likely N-dealkylation sites (N-methyl/N-ethyl adjacent to an activating group) is 1. The Bertz CT molecular complexity index is 943. The molecule has 0 amide bonds. The van der Waals surface area contributed by atoms with E-state index in [1.807, 2.05) is 18.2 Å². The number of thiophene rings is 1. The van der Waals surface area contributed by atoms with Crippen molar-refractivity contribution in [3.8, 4) is 11.5 Å². The van der Waals surface area contributed by atoms with Gasteiger partial charge in [-0.3, -0.25) is 0 Å². The van der Waals surface area contributed by atoms with Crippen LogP contribution >= 0.6 is 11.3 Å². The van der Waals surface area contributed by atoms with E-state index in [0.29, 0.717) is 0 Å². The minimum Gasteiger partial charge on any atom is -0.497 e. The number of hydrogen-bond acceptors (Lipinski definition) is 4. The summed E-state index contributed by atoms with van der Waals surface area (Å²) in [6.45, 7) is 0.832. The zero-order chi connectivity index (χ0) is 18.8. The molecule has 4 rings (SSSR count). The van der Waals surface area contributed by atoms with Gasteiger partial charge in [0.25, 0.3) is 0 Å². The highest BCUT2D eigenvalue weighted by molar-refractivity contribution is 7.11. The lowest BCUT2D eigenvalue weighted by atomic mass is 9.81. The number of rotatable bonds is 5. The highest BCUT2D eigenvalue weighted by atomic mass is 32.1. The van der Waals surface area contributed by atoms with Gasteiger partial charge in [-0.25, -0.2) is 0 Å². The van der Waals surface area contributed by atoms with Crippen molar-refractivity contribution in [1.29, 1.82) is 0 Å². The van der Waals surface area contributed by atoms with Crippen molar-refractivity contribution in [2.75, 3.05) is 27.7 Å². The Morgan fingerprint density at radius 2 is 1.78 bits per heavy atom. The summed E-state index contributed by atoms with van der Waals surface area (Å²) in [4.78, 5) is 3.37. The number of nitrogens with zero attached hydrogens (tertiary/aromatic N) is 1. The number of ether oxygens (including phenoxy) is 2. The molecular weight excluding hydrogens is 354 g/mol. The Balaban J connectivity index is 1.91. The van der Waals surface area contributed by atoms with Gasteiger partial charge < -0.3 is 14.4 Å². The molecule has 27 heavy (non-hydrogen) atoms. The van der Waals surface area contributed by atoms with Crippen LogP contribution in [-0.2, 0) is 0 Å². The fourth-order valence-corrected chi connectivity index (χ4v) is 4.34. The summed E-state index contributed by atoms with van der Waals surface area (Å²) in [5, 5.41) is 2.10. The van der Waals surface area contributed by atoms with Crippen LogP contribution in [0.5, 0.6) is 11.5 Å². The zero-order valence-electron chi connectivity index (χ0n) is 15.8. The van der Waals surface area contributed by atoms with Gasteiger partial charge in [0.15, 0.2) is 0 Å². The number of benzene rings is 2. The van der Waals surface area contributed by atoms with E-state index in [-0.39, 0.29) is 5.92 Å². The molecule has 0 saturated heterocycles. The van der Waals surface area contributed by atoms with Crippen molar-refractivity contribution in [3.63, 3.8) is 0 Å². The van der Waals surface area contributed by atoms with Gasteiger partial charge >= 0.3 is 0 Å². The van der Waals surface area contributed by atoms with E-state index in [2.05, 4.69) is 66.8 Å². The quantitative estimate of drug-likeness (QED) is 0.606. The first kappa shape index (κ1) is 17.8. The predicted octanol–water partition coefficient (Wildman–Crippen LogP) is 5.25. The van der Waals surface area contributed by atoms with Crippen LogP contribution in [0, 0.1) is 0 Å². The molecule has 0 bridgehead atoms. The third-order valence-electron chi connectivity index (χ3n) is 4.76.